The monoisotopic (exact) mass is 979 g/mol. The van der Waals surface area contributed by atoms with Gasteiger partial charge in [-0.25, -0.2) is 14.8 Å². The minimum absolute atomic E-state index is 0.535. The molecule has 0 unspecified atom stereocenters. The van der Waals surface area contributed by atoms with Crippen LogP contribution >= 0.6 is 0 Å². The van der Waals surface area contributed by atoms with Crippen LogP contribution in [0.15, 0.2) is 224 Å². The summed E-state index contributed by atoms with van der Waals surface area (Å²) in [5.41, 5.74) is 17.9. The normalized spacial score (nSPS) is 11.3. The summed E-state index contributed by atoms with van der Waals surface area (Å²) in [4.78, 5) is 13.7. The molecule has 0 aliphatic heterocycles. The topological polar surface area (TPSA) is 116 Å². The summed E-state index contributed by atoms with van der Waals surface area (Å²) in [5.74, 6) is 0.535. The molecule has 9 nitrogen and oxygen atoms in total. The third-order valence-corrected chi connectivity index (χ3v) is 14.8. The molecule has 0 fully saturated rings. The van der Waals surface area contributed by atoms with Crippen LogP contribution in [0.2, 0.25) is 0 Å². The van der Waals surface area contributed by atoms with Crippen LogP contribution in [0.25, 0.3) is 132 Å². The molecule has 0 N–H and O–H groups in total. The Morgan fingerprint density at radius 2 is 0.701 bits per heavy atom. The molecule has 4 aromatic heterocycles. The second-order valence-electron chi connectivity index (χ2n) is 19.1. The number of rotatable bonds is 7. The summed E-state index contributed by atoms with van der Waals surface area (Å²) in [6.45, 7) is 7.77. The smallest absolute Gasteiger partial charge is 0.188 e. The molecule has 0 bridgehead atoms. The Labute approximate surface area is 441 Å². The highest BCUT2D eigenvalue weighted by Gasteiger charge is 2.20. The minimum Gasteiger partial charge on any atom is -0.309 e. The first kappa shape index (κ1) is 44.3. The highest BCUT2D eigenvalue weighted by Crippen LogP contribution is 2.41. The molecule has 0 saturated heterocycles. The zero-order chi connectivity index (χ0) is 51.7. The average Bonchev–Trinajstić information content (AvgIpc) is 4.14. The molecule has 0 saturated carbocycles. The van der Waals surface area contributed by atoms with E-state index < -0.39 is 0 Å². The summed E-state index contributed by atoms with van der Waals surface area (Å²) in [5, 5.41) is 35.2. The van der Waals surface area contributed by atoms with Gasteiger partial charge in [-0.05, 0) is 150 Å². The summed E-state index contributed by atoms with van der Waals surface area (Å²) in [7, 11) is 0. The molecular formula is C68H37N9. The quantitative estimate of drug-likeness (QED) is 0.147. The fourth-order valence-electron chi connectivity index (χ4n) is 11.1. The minimum atomic E-state index is 0.535. The molecule has 14 rings (SSSR count). The van der Waals surface area contributed by atoms with Crippen LogP contribution in [-0.4, -0.2) is 23.7 Å². The lowest BCUT2D eigenvalue weighted by molar-refractivity contribution is 1.16. The first-order chi connectivity index (χ1) is 37.9. The third-order valence-electron chi connectivity index (χ3n) is 14.8. The molecule has 10 aromatic carbocycles. The van der Waals surface area contributed by atoms with Crippen molar-refractivity contribution in [1.29, 1.82) is 15.8 Å². The number of benzene rings is 10. The van der Waals surface area contributed by atoms with E-state index in [9.17, 15) is 15.8 Å². The van der Waals surface area contributed by atoms with Gasteiger partial charge in [0.2, 0.25) is 0 Å². The van der Waals surface area contributed by atoms with E-state index in [-0.39, 0.29) is 0 Å². The lowest BCUT2D eigenvalue weighted by Crippen LogP contribution is -1.97. The molecular weight excluding hydrogens is 943 g/mol. The average molecular weight is 980 g/mol. The number of nitriles is 3. The maximum atomic E-state index is 9.87. The molecule has 9 heteroatoms. The Balaban J connectivity index is 0.886. The fraction of sp³-hybridized carbons (Fsp3) is 0. The maximum absolute atomic E-state index is 9.87. The molecule has 0 spiro atoms. The number of fused-ring (bicyclic) bond motifs is 9. The van der Waals surface area contributed by atoms with E-state index in [1.807, 2.05) is 60.7 Å². The van der Waals surface area contributed by atoms with Crippen LogP contribution in [0.3, 0.4) is 0 Å². The predicted octanol–water partition coefficient (Wildman–Crippen LogP) is 16.6. The summed E-state index contributed by atoms with van der Waals surface area (Å²) >= 11 is 0. The van der Waals surface area contributed by atoms with E-state index in [1.54, 1.807) is 24.3 Å². The molecule has 0 radical (unpaired) electrons. The van der Waals surface area contributed by atoms with Gasteiger partial charge in [0.1, 0.15) is 0 Å². The van der Waals surface area contributed by atoms with Gasteiger partial charge in [0.25, 0.3) is 0 Å². The van der Waals surface area contributed by atoms with Gasteiger partial charge in [-0.1, -0.05) is 91.0 Å². The Morgan fingerprint density at radius 3 is 1.22 bits per heavy atom. The van der Waals surface area contributed by atoms with Crippen LogP contribution < -0.4 is 0 Å². The Morgan fingerprint density at radius 1 is 0.325 bits per heavy atom. The second-order valence-corrected chi connectivity index (χ2v) is 19.1. The van der Waals surface area contributed by atoms with E-state index >= 15 is 0 Å². The van der Waals surface area contributed by atoms with E-state index in [2.05, 4.69) is 176 Å². The standard InChI is InChI=1S/C68H37N9/c1-72-50-25-31-65-57(35-50)55-7-3-5-9-63(55)77(65)53-29-33-67-59(37-53)58-36-52(76-62-8-4-2-6-54(62)56-34-44(41-71)14-30-64(56)76)28-32-66(58)75(67)51-26-23-46(24-27-51)45-19-21-48(22-20-45)61-38-60(47-15-10-42(39-69)11-16-47)73-68(74-61)49-17-12-43(40-70)13-18-49/h2-38H. The number of hydrogen-bond donors (Lipinski definition) is 0. The van der Waals surface area contributed by atoms with Gasteiger partial charge in [-0.3, -0.25) is 0 Å². The van der Waals surface area contributed by atoms with Crippen molar-refractivity contribution in [3.05, 3.63) is 253 Å². The Bertz CT molecular complexity index is 4670. The zero-order valence-electron chi connectivity index (χ0n) is 40.9. The molecule has 0 aliphatic carbocycles. The van der Waals surface area contributed by atoms with E-state index in [4.69, 9.17) is 16.5 Å². The first-order valence-corrected chi connectivity index (χ1v) is 25.0. The van der Waals surface area contributed by atoms with Crippen molar-refractivity contribution in [1.82, 2.24) is 23.7 Å². The zero-order valence-corrected chi connectivity index (χ0v) is 40.9. The molecule has 14 aromatic rings. The molecule has 354 valence electrons. The van der Waals surface area contributed by atoms with Gasteiger partial charge in [-0.2, -0.15) is 15.8 Å². The third kappa shape index (κ3) is 7.28. The number of hydrogen-bond acceptors (Lipinski definition) is 5. The van der Waals surface area contributed by atoms with Crippen molar-refractivity contribution in [3.8, 4) is 80.3 Å². The summed E-state index contributed by atoms with van der Waals surface area (Å²) < 4.78 is 6.95. The van der Waals surface area contributed by atoms with Crippen LogP contribution in [0.5, 0.6) is 0 Å². The molecule has 0 atom stereocenters. The lowest BCUT2D eigenvalue weighted by atomic mass is 10.0. The molecule has 0 aliphatic rings. The van der Waals surface area contributed by atoms with E-state index in [0.717, 1.165) is 122 Å². The fourth-order valence-corrected chi connectivity index (χ4v) is 11.1. The van der Waals surface area contributed by atoms with Gasteiger partial charge < -0.3 is 13.7 Å². The SMILES string of the molecule is [C-]#[N+]c1ccc2c(c1)c1ccccc1n2-c1ccc2c(c1)c1cc(-n3c4ccccc4c4cc(C#N)ccc43)ccc1n2-c1ccc(-c2ccc(-c3cc(-c4ccc(C#N)cc4)nc(-c4ccc(C#N)cc4)n3)cc2)cc1. The second kappa shape index (κ2) is 17.7. The van der Waals surface area contributed by atoms with Crippen LogP contribution in [-0.2, 0) is 0 Å². The molecule has 0 amide bonds. The van der Waals surface area contributed by atoms with Crippen molar-refractivity contribution < 1.29 is 0 Å². The maximum Gasteiger partial charge on any atom is 0.188 e. The van der Waals surface area contributed by atoms with E-state index in [0.29, 0.717) is 28.2 Å². The number of aromatic nitrogens is 5. The van der Waals surface area contributed by atoms with Crippen LogP contribution in [0.1, 0.15) is 16.7 Å². The van der Waals surface area contributed by atoms with Crippen molar-refractivity contribution in [2.75, 3.05) is 0 Å². The van der Waals surface area contributed by atoms with Crippen molar-refractivity contribution in [2.24, 2.45) is 0 Å². The number of para-hydroxylation sites is 2. The summed E-state index contributed by atoms with van der Waals surface area (Å²) in [6, 6.07) is 82.5. The van der Waals surface area contributed by atoms with Gasteiger partial charge in [-0.15, -0.1) is 0 Å². The first-order valence-electron chi connectivity index (χ1n) is 25.0. The van der Waals surface area contributed by atoms with Gasteiger partial charge in [0.15, 0.2) is 11.5 Å². The predicted molar refractivity (Wildman–Crippen MR) is 307 cm³/mol. The number of nitrogens with zero attached hydrogens (tertiary/aromatic N) is 9. The van der Waals surface area contributed by atoms with Crippen molar-refractivity contribution in [2.45, 2.75) is 0 Å². The van der Waals surface area contributed by atoms with Crippen molar-refractivity contribution >= 4 is 71.1 Å². The molecule has 4 heterocycles. The summed E-state index contributed by atoms with van der Waals surface area (Å²) in [6.07, 6.45) is 0. The highest BCUT2D eigenvalue weighted by molar-refractivity contribution is 6.14. The lowest BCUT2D eigenvalue weighted by Gasteiger charge is -2.12. The highest BCUT2D eigenvalue weighted by atomic mass is 15.0. The van der Waals surface area contributed by atoms with Crippen LogP contribution in [0.4, 0.5) is 5.69 Å². The van der Waals surface area contributed by atoms with Gasteiger partial charge in [0, 0.05) is 60.7 Å². The van der Waals surface area contributed by atoms with Crippen molar-refractivity contribution in [3.63, 3.8) is 0 Å². The Hall–Kier alpha value is -11.4. The van der Waals surface area contributed by atoms with Gasteiger partial charge >= 0.3 is 0 Å². The van der Waals surface area contributed by atoms with E-state index in [1.165, 1.54) is 0 Å². The van der Waals surface area contributed by atoms with Crippen LogP contribution in [0, 0.1) is 40.6 Å². The van der Waals surface area contributed by atoms with Gasteiger partial charge in [0.05, 0.1) is 86.0 Å². The molecule has 77 heavy (non-hydrogen) atoms. The largest absolute Gasteiger partial charge is 0.309 e. The Kier molecular flexibility index (Phi) is 10.2.